The van der Waals surface area contributed by atoms with Crippen LogP contribution in [0.4, 0.5) is 4.39 Å². The number of halogens is 1. The number of aryl methyl sites for hydroxylation is 2. The van der Waals surface area contributed by atoms with E-state index in [9.17, 15) is 14.0 Å². The Bertz CT molecular complexity index is 747. The summed E-state index contributed by atoms with van der Waals surface area (Å²) in [6.07, 6.45) is 6.87. The van der Waals surface area contributed by atoms with Crippen molar-refractivity contribution in [2.45, 2.75) is 44.9 Å². The summed E-state index contributed by atoms with van der Waals surface area (Å²) in [5.41, 5.74) is 6.68. The first kappa shape index (κ1) is 17.6. The number of carbonyl (C=O) groups excluding carboxylic acids is 2. The van der Waals surface area contributed by atoms with Gasteiger partial charge in [-0.25, -0.2) is 4.39 Å². The molecule has 0 aliphatic heterocycles. The molecule has 1 aliphatic carbocycles. The van der Waals surface area contributed by atoms with E-state index < -0.39 is 0 Å². The van der Waals surface area contributed by atoms with Gasteiger partial charge in [-0.05, 0) is 55.0 Å². The van der Waals surface area contributed by atoms with Crippen LogP contribution in [-0.4, -0.2) is 11.8 Å². The van der Waals surface area contributed by atoms with Crippen molar-refractivity contribution in [1.29, 1.82) is 0 Å². The summed E-state index contributed by atoms with van der Waals surface area (Å²) in [5.74, 6) is -1.07. The molecular weight excluding hydrogens is 339 g/mol. The minimum Gasteiger partial charge on any atom is -0.273 e. The van der Waals surface area contributed by atoms with E-state index in [1.165, 1.54) is 53.2 Å². The SMILES string of the molecule is O=C(Cc1cccc(F)c1)NNC(=O)c1cc2c(s1)CCCCCC2. The lowest BCUT2D eigenvalue weighted by Gasteiger charge is -2.07. The quantitative estimate of drug-likeness (QED) is 0.823. The average Bonchev–Trinajstić information content (AvgIpc) is 2.95. The minimum absolute atomic E-state index is 0.0129. The predicted molar refractivity (Wildman–Crippen MR) is 95.9 cm³/mol. The Labute approximate surface area is 150 Å². The van der Waals surface area contributed by atoms with Gasteiger partial charge in [0, 0.05) is 4.88 Å². The molecule has 4 nitrogen and oxygen atoms in total. The molecule has 6 heteroatoms. The molecule has 1 aliphatic rings. The maximum atomic E-state index is 13.1. The van der Waals surface area contributed by atoms with Crippen LogP contribution in [0.1, 0.15) is 51.4 Å². The highest BCUT2D eigenvalue weighted by Crippen LogP contribution is 2.28. The topological polar surface area (TPSA) is 58.2 Å². The Hall–Kier alpha value is -2.21. The second kappa shape index (κ2) is 8.25. The van der Waals surface area contributed by atoms with Crippen LogP contribution in [0.15, 0.2) is 30.3 Å². The highest BCUT2D eigenvalue weighted by atomic mass is 32.1. The number of hydrogen-bond acceptors (Lipinski definition) is 3. The van der Waals surface area contributed by atoms with E-state index >= 15 is 0 Å². The van der Waals surface area contributed by atoms with E-state index in [-0.39, 0.29) is 24.1 Å². The average molecular weight is 360 g/mol. The molecule has 1 heterocycles. The first-order chi connectivity index (χ1) is 12.1. The predicted octanol–water partition coefficient (Wildman–Crippen LogP) is 3.55. The second-order valence-electron chi connectivity index (χ2n) is 6.28. The number of hydrazine groups is 1. The first-order valence-electron chi connectivity index (χ1n) is 8.57. The molecule has 3 rings (SSSR count). The number of benzene rings is 1. The van der Waals surface area contributed by atoms with Crippen molar-refractivity contribution in [3.05, 3.63) is 57.0 Å². The van der Waals surface area contributed by atoms with Crippen LogP contribution < -0.4 is 10.9 Å². The third kappa shape index (κ3) is 4.89. The maximum absolute atomic E-state index is 13.1. The van der Waals surface area contributed by atoms with Crippen LogP contribution in [0.3, 0.4) is 0 Å². The number of nitrogens with one attached hydrogen (secondary N) is 2. The summed E-state index contributed by atoms with van der Waals surface area (Å²) in [4.78, 5) is 26.1. The molecule has 132 valence electrons. The Morgan fingerprint density at radius 3 is 2.64 bits per heavy atom. The highest BCUT2D eigenvalue weighted by Gasteiger charge is 2.16. The molecule has 1 aromatic heterocycles. The van der Waals surface area contributed by atoms with Crippen LogP contribution >= 0.6 is 11.3 Å². The van der Waals surface area contributed by atoms with Gasteiger partial charge < -0.3 is 0 Å². The number of hydrogen-bond donors (Lipinski definition) is 2. The minimum atomic E-state index is -0.384. The van der Waals surface area contributed by atoms with Crippen molar-refractivity contribution >= 4 is 23.2 Å². The highest BCUT2D eigenvalue weighted by molar-refractivity contribution is 7.14. The lowest BCUT2D eigenvalue weighted by Crippen LogP contribution is -2.42. The summed E-state index contributed by atoms with van der Waals surface area (Å²) >= 11 is 1.51. The van der Waals surface area contributed by atoms with Gasteiger partial charge in [-0.3, -0.25) is 20.4 Å². The Morgan fingerprint density at radius 2 is 1.84 bits per heavy atom. The number of fused-ring (bicyclic) bond motifs is 1. The van der Waals surface area contributed by atoms with Crippen molar-refractivity contribution < 1.29 is 14.0 Å². The summed E-state index contributed by atoms with van der Waals surface area (Å²) in [7, 11) is 0. The molecule has 0 unspecified atom stereocenters. The molecule has 2 amide bonds. The van der Waals surface area contributed by atoms with E-state index in [2.05, 4.69) is 10.9 Å². The molecule has 1 aromatic carbocycles. The summed E-state index contributed by atoms with van der Waals surface area (Å²) in [6.45, 7) is 0. The van der Waals surface area contributed by atoms with E-state index in [1.807, 2.05) is 6.07 Å². The zero-order chi connectivity index (χ0) is 17.6. The Kier molecular flexibility index (Phi) is 5.81. The fourth-order valence-electron chi connectivity index (χ4n) is 3.02. The Balaban J connectivity index is 1.55. The van der Waals surface area contributed by atoms with Gasteiger partial charge in [0.25, 0.3) is 5.91 Å². The fraction of sp³-hybridized carbons (Fsp3) is 0.368. The molecule has 0 fully saturated rings. The van der Waals surface area contributed by atoms with Crippen LogP contribution in [0, 0.1) is 5.82 Å². The molecule has 0 radical (unpaired) electrons. The van der Waals surface area contributed by atoms with Gasteiger partial charge in [-0.1, -0.05) is 25.0 Å². The zero-order valence-electron chi connectivity index (χ0n) is 13.9. The smallest absolute Gasteiger partial charge is 0.273 e. The molecule has 0 spiro atoms. The van der Waals surface area contributed by atoms with Gasteiger partial charge in [-0.2, -0.15) is 0 Å². The molecule has 0 bridgehead atoms. The van der Waals surface area contributed by atoms with Crippen LogP contribution in [0.5, 0.6) is 0 Å². The largest absolute Gasteiger partial charge is 0.279 e. The lowest BCUT2D eigenvalue weighted by atomic mass is 10.00. The molecule has 25 heavy (non-hydrogen) atoms. The van der Waals surface area contributed by atoms with Gasteiger partial charge in [0.05, 0.1) is 11.3 Å². The third-order valence-electron chi connectivity index (χ3n) is 4.29. The number of thiophene rings is 1. The van der Waals surface area contributed by atoms with Gasteiger partial charge in [-0.15, -0.1) is 11.3 Å². The molecule has 2 aromatic rings. The molecule has 0 atom stereocenters. The first-order valence-corrected chi connectivity index (χ1v) is 9.38. The van der Waals surface area contributed by atoms with E-state index in [1.54, 1.807) is 12.1 Å². The fourth-order valence-corrected chi connectivity index (χ4v) is 4.17. The van der Waals surface area contributed by atoms with Crippen molar-refractivity contribution in [1.82, 2.24) is 10.9 Å². The standard InChI is InChI=1S/C19H21FN2O2S/c20-15-8-5-6-13(10-15)11-18(23)21-22-19(24)17-12-14-7-3-1-2-4-9-16(14)25-17/h5-6,8,10,12H,1-4,7,9,11H2,(H,21,23)(H,22,24). The van der Waals surface area contributed by atoms with Crippen molar-refractivity contribution in [3.8, 4) is 0 Å². The maximum Gasteiger partial charge on any atom is 0.279 e. The normalized spacial score (nSPS) is 14.1. The van der Waals surface area contributed by atoms with Crippen LogP contribution in [-0.2, 0) is 24.1 Å². The van der Waals surface area contributed by atoms with Gasteiger partial charge in [0.15, 0.2) is 0 Å². The molecule has 0 saturated heterocycles. The third-order valence-corrected chi connectivity index (χ3v) is 5.53. The number of rotatable bonds is 3. The van der Waals surface area contributed by atoms with E-state index in [0.717, 1.165) is 19.3 Å². The summed E-state index contributed by atoms with van der Waals surface area (Å²) in [5, 5.41) is 0. The summed E-state index contributed by atoms with van der Waals surface area (Å²) < 4.78 is 13.1. The molecule has 0 saturated carbocycles. The number of carbonyl (C=O) groups is 2. The second-order valence-corrected chi connectivity index (χ2v) is 7.42. The molecular formula is C19H21FN2O2S. The van der Waals surface area contributed by atoms with Gasteiger partial charge in [0.2, 0.25) is 5.91 Å². The monoisotopic (exact) mass is 360 g/mol. The Morgan fingerprint density at radius 1 is 1.04 bits per heavy atom. The van der Waals surface area contributed by atoms with Crippen molar-refractivity contribution in [2.24, 2.45) is 0 Å². The van der Waals surface area contributed by atoms with Gasteiger partial charge in [0.1, 0.15) is 5.82 Å². The summed E-state index contributed by atoms with van der Waals surface area (Å²) in [6, 6.07) is 7.80. The van der Waals surface area contributed by atoms with Crippen molar-refractivity contribution in [3.63, 3.8) is 0 Å². The van der Waals surface area contributed by atoms with Gasteiger partial charge >= 0.3 is 0 Å². The lowest BCUT2D eigenvalue weighted by molar-refractivity contribution is -0.121. The molecule has 2 N–H and O–H groups in total. The van der Waals surface area contributed by atoms with E-state index in [4.69, 9.17) is 0 Å². The van der Waals surface area contributed by atoms with Crippen molar-refractivity contribution in [2.75, 3.05) is 0 Å². The van der Waals surface area contributed by atoms with E-state index in [0.29, 0.717) is 10.4 Å². The van der Waals surface area contributed by atoms with Crippen LogP contribution in [0.25, 0.3) is 0 Å². The zero-order valence-corrected chi connectivity index (χ0v) is 14.8. The van der Waals surface area contributed by atoms with Crippen LogP contribution in [0.2, 0.25) is 0 Å². The number of amides is 2.